The van der Waals surface area contributed by atoms with Crippen LogP contribution in [-0.2, 0) is 6.54 Å². The molecule has 0 saturated carbocycles. The fourth-order valence-electron chi connectivity index (χ4n) is 2.54. The van der Waals surface area contributed by atoms with Crippen molar-refractivity contribution >= 4 is 28.9 Å². The number of carbonyl (C=O) groups excluding carboxylic acids is 1. The fourth-order valence-corrected chi connectivity index (χ4v) is 4.14. The van der Waals surface area contributed by atoms with Crippen LogP contribution in [0.25, 0.3) is 10.7 Å². The Balaban J connectivity index is 1.78. The molecule has 0 unspecified atom stereocenters. The van der Waals surface area contributed by atoms with Gasteiger partial charge in [0.1, 0.15) is 5.75 Å². The molecule has 9 heteroatoms. The van der Waals surface area contributed by atoms with Crippen LogP contribution in [-0.4, -0.2) is 32.9 Å². The summed E-state index contributed by atoms with van der Waals surface area (Å²) >= 11 is 2.79. The molecule has 27 heavy (non-hydrogen) atoms. The zero-order valence-electron chi connectivity index (χ0n) is 14.7. The Morgan fingerprint density at radius 2 is 2.15 bits per heavy atom. The number of thiophene rings is 1. The van der Waals surface area contributed by atoms with Crippen molar-refractivity contribution in [3.05, 3.63) is 46.8 Å². The second-order valence-corrected chi connectivity index (χ2v) is 7.51. The van der Waals surface area contributed by atoms with E-state index in [0.717, 1.165) is 16.3 Å². The van der Waals surface area contributed by atoms with Crippen molar-refractivity contribution in [2.45, 2.75) is 32.2 Å². The Labute approximate surface area is 163 Å². The zero-order valence-corrected chi connectivity index (χ0v) is 16.3. The summed E-state index contributed by atoms with van der Waals surface area (Å²) in [5.74, 6) is 0.380. The number of ketones is 1. The maximum absolute atomic E-state index is 12.6. The van der Waals surface area contributed by atoms with Gasteiger partial charge in [-0.1, -0.05) is 29.5 Å². The van der Waals surface area contributed by atoms with Gasteiger partial charge < -0.3 is 9.30 Å². The van der Waals surface area contributed by atoms with Crippen molar-refractivity contribution < 1.29 is 18.3 Å². The zero-order chi connectivity index (χ0) is 19.4. The van der Waals surface area contributed by atoms with Crippen molar-refractivity contribution in [3.63, 3.8) is 0 Å². The number of benzene rings is 1. The van der Waals surface area contributed by atoms with Crippen LogP contribution in [0.1, 0.15) is 22.8 Å². The number of hydrogen-bond acceptors (Lipinski definition) is 6. The van der Waals surface area contributed by atoms with Gasteiger partial charge in [-0.3, -0.25) is 4.79 Å². The summed E-state index contributed by atoms with van der Waals surface area (Å²) in [6.45, 7) is 1.43. The molecule has 3 rings (SSSR count). The SMILES string of the molecule is CCn1c(SCC(=O)c2cc(C)ccc2OC(F)F)nnc1-c1cccs1. The molecule has 0 aliphatic rings. The van der Waals surface area contributed by atoms with E-state index in [1.54, 1.807) is 30.4 Å². The summed E-state index contributed by atoms with van der Waals surface area (Å²) < 4.78 is 31.6. The third kappa shape index (κ3) is 4.54. The number of nitrogens with zero attached hydrogens (tertiary/aromatic N) is 3. The lowest BCUT2D eigenvalue weighted by atomic mass is 10.1. The van der Waals surface area contributed by atoms with Crippen molar-refractivity contribution in [2.24, 2.45) is 0 Å². The Kier molecular flexibility index (Phi) is 6.22. The predicted molar refractivity (Wildman–Crippen MR) is 102 cm³/mol. The van der Waals surface area contributed by atoms with Gasteiger partial charge >= 0.3 is 6.61 Å². The second-order valence-electron chi connectivity index (χ2n) is 5.62. The molecular weight excluding hydrogens is 392 g/mol. The molecule has 0 fully saturated rings. The number of hydrogen-bond donors (Lipinski definition) is 0. The molecule has 0 aliphatic heterocycles. The van der Waals surface area contributed by atoms with Crippen LogP contribution in [0.4, 0.5) is 8.78 Å². The van der Waals surface area contributed by atoms with Crippen LogP contribution in [0.3, 0.4) is 0 Å². The van der Waals surface area contributed by atoms with Crippen LogP contribution in [0.15, 0.2) is 40.9 Å². The molecule has 0 N–H and O–H groups in total. The molecule has 142 valence electrons. The smallest absolute Gasteiger partial charge is 0.387 e. The van der Waals surface area contributed by atoms with Gasteiger partial charge in [0.25, 0.3) is 0 Å². The molecule has 0 bridgehead atoms. The average molecular weight is 409 g/mol. The van der Waals surface area contributed by atoms with Crippen molar-refractivity contribution in [1.29, 1.82) is 0 Å². The molecule has 0 spiro atoms. The first-order chi connectivity index (χ1) is 13.0. The van der Waals surface area contributed by atoms with E-state index in [4.69, 9.17) is 0 Å². The van der Waals surface area contributed by atoms with Gasteiger partial charge in [-0.25, -0.2) is 0 Å². The van der Waals surface area contributed by atoms with Gasteiger partial charge in [0.2, 0.25) is 0 Å². The van der Waals surface area contributed by atoms with E-state index in [1.807, 2.05) is 29.0 Å². The first-order valence-electron chi connectivity index (χ1n) is 8.18. The normalized spacial score (nSPS) is 11.1. The Morgan fingerprint density at radius 3 is 2.81 bits per heavy atom. The van der Waals surface area contributed by atoms with Crippen molar-refractivity contribution in [1.82, 2.24) is 14.8 Å². The highest BCUT2D eigenvalue weighted by Gasteiger charge is 2.19. The quantitative estimate of drug-likeness (QED) is 0.391. The standard InChI is InChI=1S/C18H17F2N3O2S2/c1-3-23-16(15-5-4-8-26-15)21-22-18(23)27-10-13(24)12-9-11(2)6-7-14(12)25-17(19)20/h4-9,17H,3,10H2,1-2H3. The number of alkyl halides is 2. The van der Waals surface area contributed by atoms with E-state index in [2.05, 4.69) is 14.9 Å². The summed E-state index contributed by atoms with van der Waals surface area (Å²) in [5, 5.41) is 11.0. The van der Waals surface area contributed by atoms with Gasteiger partial charge in [-0.05, 0) is 37.4 Å². The Bertz CT molecular complexity index is 927. The maximum Gasteiger partial charge on any atom is 0.387 e. The van der Waals surface area contributed by atoms with Crippen LogP contribution in [0.2, 0.25) is 0 Å². The number of ether oxygens (including phenoxy) is 1. The molecule has 1 aromatic carbocycles. The third-order valence-electron chi connectivity index (χ3n) is 3.76. The van der Waals surface area contributed by atoms with Crippen LogP contribution < -0.4 is 4.74 Å². The Hall–Kier alpha value is -2.26. The minimum atomic E-state index is -2.98. The van der Waals surface area contributed by atoms with Crippen molar-refractivity contribution in [2.75, 3.05) is 5.75 Å². The molecule has 0 amide bonds. The summed E-state index contributed by atoms with van der Waals surface area (Å²) in [7, 11) is 0. The molecule has 2 aromatic heterocycles. The molecule has 0 aliphatic carbocycles. The summed E-state index contributed by atoms with van der Waals surface area (Å²) in [6, 6.07) is 8.47. The lowest BCUT2D eigenvalue weighted by molar-refractivity contribution is -0.0501. The minimum absolute atomic E-state index is 0.0472. The predicted octanol–water partition coefficient (Wildman–Crippen LogP) is 4.91. The van der Waals surface area contributed by atoms with Crippen LogP contribution in [0, 0.1) is 6.92 Å². The minimum Gasteiger partial charge on any atom is -0.434 e. The number of aromatic nitrogens is 3. The van der Waals surface area contributed by atoms with Gasteiger partial charge in [0.15, 0.2) is 16.8 Å². The molecule has 0 saturated heterocycles. The molecule has 2 heterocycles. The molecule has 0 radical (unpaired) electrons. The van der Waals surface area contributed by atoms with Gasteiger partial charge in [0.05, 0.1) is 16.2 Å². The lowest BCUT2D eigenvalue weighted by Crippen LogP contribution is -2.10. The topological polar surface area (TPSA) is 57.0 Å². The Morgan fingerprint density at radius 1 is 1.33 bits per heavy atom. The highest BCUT2D eigenvalue weighted by molar-refractivity contribution is 7.99. The molecular formula is C18H17F2N3O2S2. The number of halogens is 2. The maximum atomic E-state index is 12.6. The average Bonchev–Trinajstić information content (AvgIpc) is 3.29. The van der Waals surface area contributed by atoms with Crippen LogP contribution in [0.5, 0.6) is 5.75 Å². The third-order valence-corrected chi connectivity index (χ3v) is 5.59. The number of rotatable bonds is 8. The highest BCUT2D eigenvalue weighted by Crippen LogP contribution is 2.29. The fraction of sp³-hybridized carbons (Fsp3) is 0.278. The molecule has 0 atom stereocenters. The van der Waals surface area contributed by atoms with E-state index >= 15 is 0 Å². The largest absolute Gasteiger partial charge is 0.434 e. The summed E-state index contributed by atoms with van der Waals surface area (Å²) in [4.78, 5) is 13.6. The first kappa shape index (κ1) is 19.5. The number of carbonyl (C=O) groups is 1. The first-order valence-corrected chi connectivity index (χ1v) is 10.0. The van der Waals surface area contributed by atoms with Gasteiger partial charge in [-0.15, -0.1) is 21.5 Å². The van der Waals surface area contributed by atoms with E-state index in [0.29, 0.717) is 11.7 Å². The van der Waals surface area contributed by atoms with Gasteiger partial charge in [-0.2, -0.15) is 8.78 Å². The van der Waals surface area contributed by atoms with E-state index in [1.165, 1.54) is 17.8 Å². The number of thioether (sulfide) groups is 1. The highest BCUT2D eigenvalue weighted by atomic mass is 32.2. The monoisotopic (exact) mass is 409 g/mol. The van der Waals surface area contributed by atoms with Crippen LogP contribution >= 0.6 is 23.1 Å². The number of Topliss-reactive ketones (excluding diaryl/α,β-unsaturated/α-hetero) is 1. The van der Waals surface area contributed by atoms with Gasteiger partial charge in [0, 0.05) is 6.54 Å². The van der Waals surface area contributed by atoms with E-state index in [-0.39, 0.29) is 22.8 Å². The second kappa shape index (κ2) is 8.62. The van der Waals surface area contributed by atoms with E-state index in [9.17, 15) is 13.6 Å². The molecule has 5 nitrogen and oxygen atoms in total. The number of aryl methyl sites for hydroxylation is 1. The summed E-state index contributed by atoms with van der Waals surface area (Å²) in [6.07, 6.45) is 0. The summed E-state index contributed by atoms with van der Waals surface area (Å²) in [5.41, 5.74) is 0.936. The molecule has 3 aromatic rings. The van der Waals surface area contributed by atoms with E-state index < -0.39 is 6.61 Å². The lowest BCUT2D eigenvalue weighted by Gasteiger charge is -2.11. The van der Waals surface area contributed by atoms with Crippen molar-refractivity contribution in [3.8, 4) is 16.5 Å².